The van der Waals surface area contributed by atoms with Crippen LogP contribution in [-0.4, -0.2) is 25.6 Å². The van der Waals surface area contributed by atoms with E-state index >= 15 is 0 Å². The average Bonchev–Trinajstić information content (AvgIpc) is 2.80. The first kappa shape index (κ1) is 14.2. The molecule has 0 atom stereocenters. The molecule has 0 fully saturated rings. The van der Waals surface area contributed by atoms with Gasteiger partial charge in [0, 0.05) is 18.5 Å². The van der Waals surface area contributed by atoms with Crippen molar-refractivity contribution in [3.05, 3.63) is 34.7 Å². The van der Waals surface area contributed by atoms with E-state index in [1.165, 1.54) is 0 Å². The van der Waals surface area contributed by atoms with Crippen LogP contribution in [0.3, 0.4) is 0 Å². The van der Waals surface area contributed by atoms with E-state index in [9.17, 15) is 0 Å². The molecule has 2 heterocycles. The maximum Gasteiger partial charge on any atom is 0.151 e. The van der Waals surface area contributed by atoms with E-state index in [1.54, 1.807) is 4.68 Å². The molecule has 3 N–H and O–H groups in total. The highest BCUT2D eigenvalue weighted by Gasteiger charge is 2.17. The molecule has 0 amide bonds. The molecule has 106 valence electrons. The quantitative estimate of drug-likeness (QED) is 0.654. The zero-order chi connectivity index (χ0) is 14.9. The number of amidine groups is 1. The van der Waals surface area contributed by atoms with Crippen LogP contribution in [0, 0.1) is 19.3 Å². The zero-order valence-electron chi connectivity index (χ0n) is 12.4. The number of nitrogens with one attached hydrogen (secondary N) is 1. The molecule has 6 heteroatoms. The van der Waals surface area contributed by atoms with E-state index in [-0.39, 0.29) is 5.84 Å². The minimum Gasteiger partial charge on any atom is -0.384 e. The Hall–Kier alpha value is -2.24. The molecule has 6 nitrogen and oxygen atoms in total. The van der Waals surface area contributed by atoms with E-state index in [0.29, 0.717) is 5.56 Å². The SMILES string of the molecule is CCc1nc(CC)n(-c2cc(C)nc(C)c2C(=N)N)n1. The first-order chi connectivity index (χ1) is 9.47. The maximum absolute atomic E-state index is 7.79. The number of aryl methyl sites for hydroxylation is 4. The fourth-order valence-electron chi connectivity index (χ4n) is 2.27. The Morgan fingerprint density at radius 2 is 1.95 bits per heavy atom. The third-order valence-corrected chi connectivity index (χ3v) is 3.16. The van der Waals surface area contributed by atoms with E-state index in [4.69, 9.17) is 11.1 Å². The Morgan fingerprint density at radius 3 is 2.50 bits per heavy atom. The molecule has 2 aromatic heterocycles. The topological polar surface area (TPSA) is 93.5 Å². The lowest BCUT2D eigenvalue weighted by molar-refractivity contribution is 0.784. The summed E-state index contributed by atoms with van der Waals surface area (Å²) in [6, 6.07) is 1.90. The molecule has 0 radical (unpaired) electrons. The summed E-state index contributed by atoms with van der Waals surface area (Å²) in [5.74, 6) is 1.67. The van der Waals surface area contributed by atoms with Crippen LogP contribution in [0.4, 0.5) is 0 Å². The summed E-state index contributed by atoms with van der Waals surface area (Å²) in [5.41, 5.74) is 8.73. The van der Waals surface area contributed by atoms with Gasteiger partial charge in [0.1, 0.15) is 11.7 Å². The van der Waals surface area contributed by atoms with Crippen molar-refractivity contribution in [2.75, 3.05) is 0 Å². The first-order valence-corrected chi connectivity index (χ1v) is 6.75. The molecule has 2 aromatic rings. The summed E-state index contributed by atoms with van der Waals surface area (Å²) in [6.07, 6.45) is 1.54. The van der Waals surface area contributed by atoms with Crippen LogP contribution in [0.25, 0.3) is 5.69 Å². The van der Waals surface area contributed by atoms with Crippen molar-refractivity contribution >= 4 is 5.84 Å². The third-order valence-electron chi connectivity index (χ3n) is 3.16. The van der Waals surface area contributed by atoms with Crippen molar-refractivity contribution in [3.8, 4) is 5.69 Å². The van der Waals surface area contributed by atoms with Gasteiger partial charge in [-0.3, -0.25) is 10.4 Å². The Labute approximate surface area is 118 Å². The Morgan fingerprint density at radius 1 is 1.25 bits per heavy atom. The van der Waals surface area contributed by atoms with Crippen molar-refractivity contribution in [1.29, 1.82) is 5.41 Å². The fourth-order valence-corrected chi connectivity index (χ4v) is 2.27. The molecular weight excluding hydrogens is 252 g/mol. The molecule has 0 aliphatic rings. The highest BCUT2D eigenvalue weighted by atomic mass is 15.4. The summed E-state index contributed by atoms with van der Waals surface area (Å²) in [7, 11) is 0. The largest absolute Gasteiger partial charge is 0.384 e. The van der Waals surface area contributed by atoms with E-state index in [0.717, 1.165) is 41.6 Å². The molecule has 20 heavy (non-hydrogen) atoms. The van der Waals surface area contributed by atoms with Crippen LogP contribution < -0.4 is 5.73 Å². The van der Waals surface area contributed by atoms with E-state index in [2.05, 4.69) is 15.1 Å². The van der Waals surface area contributed by atoms with Gasteiger partial charge in [0.25, 0.3) is 0 Å². The molecule has 0 aliphatic heterocycles. The van der Waals surface area contributed by atoms with Crippen LogP contribution in [0.2, 0.25) is 0 Å². The minimum atomic E-state index is 0.000557. The average molecular weight is 272 g/mol. The number of hydrogen-bond acceptors (Lipinski definition) is 4. The van der Waals surface area contributed by atoms with Gasteiger partial charge in [0.2, 0.25) is 0 Å². The van der Waals surface area contributed by atoms with Gasteiger partial charge in [-0.25, -0.2) is 9.67 Å². The summed E-state index contributed by atoms with van der Waals surface area (Å²) in [4.78, 5) is 8.88. The summed E-state index contributed by atoms with van der Waals surface area (Å²) in [5, 5.41) is 12.3. The number of aromatic nitrogens is 4. The van der Waals surface area contributed by atoms with Crippen molar-refractivity contribution in [3.63, 3.8) is 0 Å². The second kappa shape index (κ2) is 5.40. The maximum atomic E-state index is 7.79. The Balaban J connectivity index is 2.74. The molecule has 0 unspecified atom stereocenters. The lowest BCUT2D eigenvalue weighted by Gasteiger charge is -2.13. The smallest absolute Gasteiger partial charge is 0.151 e. The summed E-state index contributed by atoms with van der Waals surface area (Å²) >= 11 is 0. The van der Waals surface area contributed by atoms with Crippen LogP contribution >= 0.6 is 0 Å². The predicted molar refractivity (Wildman–Crippen MR) is 78.4 cm³/mol. The number of nitrogens with two attached hydrogens (primary N) is 1. The standard InChI is InChI=1S/C14H20N6/c1-5-11-18-12(6-2)20(19-11)10-7-8(3)17-9(4)13(10)14(15)16/h7H,5-6H2,1-4H3,(H3,15,16). The van der Waals surface area contributed by atoms with Crippen LogP contribution in [0.1, 0.15) is 42.4 Å². The van der Waals surface area contributed by atoms with Gasteiger partial charge in [0.15, 0.2) is 5.82 Å². The second-order valence-electron chi connectivity index (χ2n) is 4.72. The van der Waals surface area contributed by atoms with E-state index < -0.39 is 0 Å². The predicted octanol–water partition coefficient (Wildman–Crippen LogP) is 1.69. The fraction of sp³-hybridized carbons (Fsp3) is 0.429. The monoisotopic (exact) mass is 272 g/mol. The summed E-state index contributed by atoms with van der Waals surface area (Å²) in [6.45, 7) is 7.84. The van der Waals surface area contributed by atoms with Gasteiger partial charge in [-0.15, -0.1) is 0 Å². The molecule has 0 aromatic carbocycles. The number of rotatable bonds is 4. The molecule has 0 spiro atoms. The normalized spacial score (nSPS) is 10.8. The number of hydrogen-bond donors (Lipinski definition) is 2. The van der Waals surface area contributed by atoms with Crippen LogP contribution in [0.15, 0.2) is 6.07 Å². The lowest BCUT2D eigenvalue weighted by Crippen LogP contribution is -2.19. The lowest BCUT2D eigenvalue weighted by atomic mass is 10.1. The highest BCUT2D eigenvalue weighted by Crippen LogP contribution is 2.19. The zero-order valence-corrected chi connectivity index (χ0v) is 12.4. The molecular formula is C14H20N6. The second-order valence-corrected chi connectivity index (χ2v) is 4.72. The Bertz CT molecular complexity index is 656. The van der Waals surface area contributed by atoms with E-state index in [1.807, 2.05) is 33.8 Å². The molecule has 0 aliphatic carbocycles. The van der Waals surface area contributed by atoms with Gasteiger partial charge >= 0.3 is 0 Å². The molecule has 0 saturated heterocycles. The number of nitrogens with zero attached hydrogens (tertiary/aromatic N) is 4. The highest BCUT2D eigenvalue weighted by molar-refractivity contribution is 5.99. The third kappa shape index (κ3) is 2.41. The van der Waals surface area contributed by atoms with Crippen molar-refractivity contribution in [1.82, 2.24) is 19.7 Å². The Kier molecular flexibility index (Phi) is 3.83. The van der Waals surface area contributed by atoms with Crippen molar-refractivity contribution < 1.29 is 0 Å². The minimum absolute atomic E-state index is 0.000557. The van der Waals surface area contributed by atoms with Gasteiger partial charge in [0.05, 0.1) is 16.9 Å². The van der Waals surface area contributed by atoms with Crippen LogP contribution in [0.5, 0.6) is 0 Å². The van der Waals surface area contributed by atoms with Crippen LogP contribution in [-0.2, 0) is 12.8 Å². The first-order valence-electron chi connectivity index (χ1n) is 6.75. The molecule has 0 bridgehead atoms. The van der Waals surface area contributed by atoms with Gasteiger partial charge in [-0.2, -0.15) is 5.10 Å². The van der Waals surface area contributed by atoms with Gasteiger partial charge in [-0.05, 0) is 19.9 Å². The molecule has 0 saturated carbocycles. The van der Waals surface area contributed by atoms with Crippen molar-refractivity contribution in [2.24, 2.45) is 5.73 Å². The van der Waals surface area contributed by atoms with Gasteiger partial charge < -0.3 is 5.73 Å². The van der Waals surface area contributed by atoms with Gasteiger partial charge in [-0.1, -0.05) is 13.8 Å². The molecule has 2 rings (SSSR count). The van der Waals surface area contributed by atoms with Crippen molar-refractivity contribution in [2.45, 2.75) is 40.5 Å². The number of nitrogen functional groups attached to an aromatic ring is 1. The summed E-state index contributed by atoms with van der Waals surface area (Å²) < 4.78 is 1.79. The number of pyridine rings is 1.